The third-order valence-corrected chi connectivity index (χ3v) is 4.57. The molecule has 2 rings (SSSR count). The summed E-state index contributed by atoms with van der Waals surface area (Å²) in [6.45, 7) is 1.95. The van der Waals surface area contributed by atoms with Gasteiger partial charge < -0.3 is 18.9 Å². The van der Waals surface area contributed by atoms with Crippen molar-refractivity contribution in [2.24, 2.45) is 5.18 Å². The number of methoxy groups -OCH3 is 2. The van der Waals surface area contributed by atoms with E-state index in [1.54, 1.807) is 27.2 Å². The molecule has 0 spiro atoms. The lowest BCUT2D eigenvalue weighted by molar-refractivity contribution is 0.0458. The lowest BCUT2D eigenvalue weighted by atomic mass is 9.94. The third-order valence-electron chi connectivity index (χ3n) is 3.70. The Kier molecular flexibility index (Phi) is 8.03. The molecule has 0 aliphatic heterocycles. The van der Waals surface area contributed by atoms with Crippen LogP contribution in [0.4, 0.5) is 0 Å². The first-order chi connectivity index (χ1) is 12.6. The highest BCUT2D eigenvalue weighted by Gasteiger charge is 2.22. The highest BCUT2D eigenvalue weighted by molar-refractivity contribution is 9.10. The van der Waals surface area contributed by atoms with Crippen LogP contribution in [0.25, 0.3) is 11.1 Å². The van der Waals surface area contributed by atoms with Crippen molar-refractivity contribution in [3.8, 4) is 22.6 Å². The van der Waals surface area contributed by atoms with E-state index in [4.69, 9.17) is 18.9 Å². The molecule has 0 saturated heterocycles. The highest BCUT2D eigenvalue weighted by atomic mass is 79.9. The van der Waals surface area contributed by atoms with Gasteiger partial charge in [-0.2, -0.15) is 4.91 Å². The topological polar surface area (TPSA) is 66.3 Å². The van der Waals surface area contributed by atoms with Crippen LogP contribution >= 0.6 is 15.9 Å². The number of hydrogen-bond acceptors (Lipinski definition) is 6. The van der Waals surface area contributed by atoms with Gasteiger partial charge in [-0.15, -0.1) is 0 Å². The first-order valence-electron chi connectivity index (χ1n) is 8.09. The van der Waals surface area contributed by atoms with Crippen LogP contribution in [0.15, 0.2) is 46.0 Å². The molecule has 0 aliphatic rings. The van der Waals surface area contributed by atoms with Crippen molar-refractivity contribution in [3.05, 3.63) is 51.3 Å². The maximum Gasteiger partial charge on any atom is 0.188 e. The molecule has 0 amide bonds. The summed E-state index contributed by atoms with van der Waals surface area (Å²) in [5.74, 6) is 1.16. The van der Waals surface area contributed by atoms with Gasteiger partial charge in [-0.3, -0.25) is 0 Å². The van der Waals surface area contributed by atoms with Crippen molar-refractivity contribution in [2.45, 2.75) is 19.4 Å². The molecule has 0 aliphatic carbocycles. The Morgan fingerprint density at radius 3 is 2.23 bits per heavy atom. The third kappa shape index (κ3) is 5.03. The van der Waals surface area contributed by atoms with Crippen molar-refractivity contribution in [1.82, 2.24) is 0 Å². The zero-order valence-corrected chi connectivity index (χ0v) is 16.6. The Labute approximate surface area is 161 Å². The second kappa shape index (κ2) is 10.3. The lowest BCUT2D eigenvalue weighted by Gasteiger charge is -2.21. The summed E-state index contributed by atoms with van der Waals surface area (Å²) in [6.07, 6.45) is 0.432. The van der Waals surface area contributed by atoms with Crippen LogP contribution in [0, 0.1) is 4.91 Å². The Morgan fingerprint density at radius 1 is 1.04 bits per heavy atom. The van der Waals surface area contributed by atoms with E-state index in [2.05, 4.69) is 21.1 Å². The molecule has 0 bridgehead atoms. The molecule has 6 nitrogen and oxygen atoms in total. The summed E-state index contributed by atoms with van der Waals surface area (Å²) in [6, 6.07) is 11.2. The zero-order chi connectivity index (χ0) is 18.9. The largest absolute Gasteiger partial charge is 0.467 e. The SMILES string of the molecule is COCOc1cc(OCOC)c(-c2ccccc2)c(CC(C)N=O)c1Br. The van der Waals surface area contributed by atoms with Crippen molar-refractivity contribution in [2.75, 3.05) is 27.8 Å². The molecule has 1 atom stereocenters. The van der Waals surface area contributed by atoms with Gasteiger partial charge in [0.25, 0.3) is 0 Å². The number of benzene rings is 2. The summed E-state index contributed by atoms with van der Waals surface area (Å²) in [5.41, 5.74) is 2.71. The van der Waals surface area contributed by atoms with Gasteiger partial charge in [0.15, 0.2) is 13.6 Å². The average Bonchev–Trinajstić information content (AvgIpc) is 2.67. The van der Waals surface area contributed by atoms with Crippen LogP contribution < -0.4 is 9.47 Å². The number of nitrogens with zero attached hydrogens (tertiary/aromatic N) is 1. The first-order valence-corrected chi connectivity index (χ1v) is 8.88. The van der Waals surface area contributed by atoms with Crippen molar-refractivity contribution in [1.29, 1.82) is 0 Å². The lowest BCUT2D eigenvalue weighted by Crippen LogP contribution is -2.09. The van der Waals surface area contributed by atoms with Crippen LogP contribution in [-0.4, -0.2) is 33.8 Å². The summed E-state index contributed by atoms with van der Waals surface area (Å²) in [7, 11) is 3.11. The molecule has 0 saturated carbocycles. The summed E-state index contributed by atoms with van der Waals surface area (Å²) < 4.78 is 22.3. The zero-order valence-electron chi connectivity index (χ0n) is 15.0. The number of rotatable bonds is 10. The van der Waals surface area contributed by atoms with E-state index >= 15 is 0 Å². The molecule has 0 fully saturated rings. The normalized spacial score (nSPS) is 11.8. The predicted octanol–water partition coefficient (Wildman–Crippen LogP) is 4.78. The van der Waals surface area contributed by atoms with Crippen LogP contribution in [0.5, 0.6) is 11.5 Å². The Balaban J connectivity index is 2.65. The summed E-state index contributed by atoms with van der Waals surface area (Å²) >= 11 is 3.61. The molecule has 26 heavy (non-hydrogen) atoms. The molecule has 0 N–H and O–H groups in total. The first kappa shape index (κ1) is 20.4. The van der Waals surface area contributed by atoms with E-state index in [9.17, 15) is 4.91 Å². The van der Waals surface area contributed by atoms with E-state index in [0.29, 0.717) is 17.9 Å². The molecule has 0 radical (unpaired) electrons. The fourth-order valence-electron chi connectivity index (χ4n) is 2.57. The monoisotopic (exact) mass is 423 g/mol. The highest BCUT2D eigenvalue weighted by Crippen LogP contribution is 2.44. The van der Waals surface area contributed by atoms with E-state index in [1.165, 1.54) is 0 Å². The smallest absolute Gasteiger partial charge is 0.188 e. The van der Waals surface area contributed by atoms with Gasteiger partial charge >= 0.3 is 0 Å². The molecule has 2 aromatic rings. The number of halogens is 1. The number of nitroso groups, excluding NO2 is 1. The average molecular weight is 424 g/mol. The summed E-state index contributed by atoms with van der Waals surface area (Å²) in [5, 5.41) is 3.14. The molecule has 0 heterocycles. The van der Waals surface area contributed by atoms with Gasteiger partial charge in [-0.1, -0.05) is 35.5 Å². The van der Waals surface area contributed by atoms with Gasteiger partial charge in [0.05, 0.1) is 10.5 Å². The van der Waals surface area contributed by atoms with Crippen LogP contribution in [-0.2, 0) is 15.9 Å². The minimum atomic E-state index is -0.401. The molecule has 0 aromatic heterocycles. The van der Waals surface area contributed by atoms with Crippen LogP contribution in [0.2, 0.25) is 0 Å². The van der Waals surface area contributed by atoms with Crippen LogP contribution in [0.3, 0.4) is 0 Å². The van der Waals surface area contributed by atoms with Crippen molar-refractivity contribution in [3.63, 3.8) is 0 Å². The van der Waals surface area contributed by atoms with Gasteiger partial charge in [0.1, 0.15) is 11.5 Å². The van der Waals surface area contributed by atoms with E-state index in [1.807, 2.05) is 30.3 Å². The fourth-order valence-corrected chi connectivity index (χ4v) is 3.16. The van der Waals surface area contributed by atoms with Gasteiger partial charge in [0, 0.05) is 25.8 Å². The van der Waals surface area contributed by atoms with E-state index in [-0.39, 0.29) is 13.6 Å². The molecule has 1 unspecified atom stereocenters. The maximum atomic E-state index is 11.0. The minimum absolute atomic E-state index is 0.0894. The molecule has 7 heteroatoms. The van der Waals surface area contributed by atoms with E-state index in [0.717, 1.165) is 21.2 Å². The predicted molar refractivity (Wildman–Crippen MR) is 104 cm³/mol. The second-order valence-corrected chi connectivity index (χ2v) is 6.46. The molecular weight excluding hydrogens is 402 g/mol. The fraction of sp³-hybridized carbons (Fsp3) is 0.368. The van der Waals surface area contributed by atoms with Gasteiger partial charge in [-0.05, 0) is 40.4 Å². The molecular formula is C19H22BrNO5. The molecule has 140 valence electrons. The quantitative estimate of drug-likeness (QED) is 0.406. The van der Waals surface area contributed by atoms with Crippen LogP contribution in [0.1, 0.15) is 12.5 Å². The maximum absolute atomic E-state index is 11.0. The Hall–Kier alpha value is -1.96. The Morgan fingerprint density at radius 2 is 1.65 bits per heavy atom. The number of ether oxygens (including phenoxy) is 4. The standard InChI is InChI=1S/C19H22BrNO5/c1-13(21-22)9-15-18(14-7-5-4-6-8-14)16(25-11-23-2)10-17(19(15)20)26-12-24-3/h4-8,10,13H,9,11-12H2,1-3H3. The van der Waals surface area contributed by atoms with Crippen molar-refractivity contribution >= 4 is 15.9 Å². The van der Waals surface area contributed by atoms with Crippen molar-refractivity contribution < 1.29 is 18.9 Å². The van der Waals surface area contributed by atoms with Gasteiger partial charge in [-0.25, -0.2) is 0 Å². The molecule has 2 aromatic carbocycles. The van der Waals surface area contributed by atoms with E-state index < -0.39 is 6.04 Å². The number of hydrogen-bond donors (Lipinski definition) is 0. The minimum Gasteiger partial charge on any atom is -0.467 e. The van der Waals surface area contributed by atoms with Gasteiger partial charge in [0.2, 0.25) is 0 Å². The second-order valence-electron chi connectivity index (χ2n) is 5.67. The summed E-state index contributed by atoms with van der Waals surface area (Å²) in [4.78, 5) is 11.0. The Bertz CT molecular complexity index is 724.